The summed E-state index contributed by atoms with van der Waals surface area (Å²) in [5, 5.41) is 3.29. The summed E-state index contributed by atoms with van der Waals surface area (Å²) in [6, 6.07) is 3.89. The second-order valence-corrected chi connectivity index (χ2v) is 5.50. The largest absolute Gasteiger partial charge is 0.391 e. The highest BCUT2D eigenvalue weighted by Crippen LogP contribution is 2.34. The molecule has 0 aromatic carbocycles. The molecule has 0 saturated carbocycles. The molecule has 1 saturated heterocycles. The molecule has 0 radical (unpaired) electrons. The summed E-state index contributed by atoms with van der Waals surface area (Å²) in [5.74, 6) is -0.388. The van der Waals surface area contributed by atoms with Gasteiger partial charge in [0.25, 0.3) is 0 Å². The number of halogens is 3. The summed E-state index contributed by atoms with van der Waals surface area (Å²) in [4.78, 5) is 6.31. The normalized spacial score (nSPS) is 17.2. The van der Waals surface area contributed by atoms with Crippen molar-refractivity contribution >= 4 is 5.82 Å². The fourth-order valence-corrected chi connectivity index (χ4v) is 2.55. The first-order valence-corrected chi connectivity index (χ1v) is 7.48. The third kappa shape index (κ3) is 4.59. The predicted octanol–water partition coefficient (Wildman–Crippen LogP) is 3.36. The number of anilines is 1. The van der Waals surface area contributed by atoms with Gasteiger partial charge in [-0.3, -0.25) is 0 Å². The lowest BCUT2D eigenvalue weighted by molar-refractivity contribution is -0.179. The van der Waals surface area contributed by atoms with Crippen LogP contribution in [0.15, 0.2) is 18.3 Å². The van der Waals surface area contributed by atoms with Crippen LogP contribution in [-0.4, -0.2) is 30.8 Å². The van der Waals surface area contributed by atoms with Crippen molar-refractivity contribution in [3.8, 4) is 0 Å². The Hall–Kier alpha value is -1.30. The Morgan fingerprint density at radius 1 is 1.29 bits per heavy atom. The highest BCUT2D eigenvalue weighted by atomic mass is 19.4. The van der Waals surface area contributed by atoms with Crippen LogP contribution in [0.25, 0.3) is 0 Å². The van der Waals surface area contributed by atoms with Gasteiger partial charge in [-0.05, 0) is 37.4 Å². The molecule has 1 aromatic rings. The van der Waals surface area contributed by atoms with Gasteiger partial charge >= 0.3 is 6.18 Å². The van der Waals surface area contributed by atoms with E-state index in [1.54, 1.807) is 6.20 Å². The van der Waals surface area contributed by atoms with E-state index in [-0.39, 0.29) is 12.8 Å². The molecular weight excluding hydrogens is 279 g/mol. The molecule has 0 amide bonds. The molecule has 1 aliphatic rings. The number of alkyl halides is 3. The maximum atomic E-state index is 12.6. The van der Waals surface area contributed by atoms with Gasteiger partial charge in [0.2, 0.25) is 0 Å². The van der Waals surface area contributed by atoms with Crippen molar-refractivity contribution in [2.75, 3.05) is 24.5 Å². The maximum absolute atomic E-state index is 12.6. The Bertz CT molecular complexity index is 423. The van der Waals surface area contributed by atoms with Crippen molar-refractivity contribution in [3.63, 3.8) is 0 Å². The zero-order valence-electron chi connectivity index (χ0n) is 12.3. The molecule has 1 aromatic heterocycles. The topological polar surface area (TPSA) is 28.2 Å². The molecule has 3 nitrogen and oxygen atoms in total. The van der Waals surface area contributed by atoms with Crippen molar-refractivity contribution in [1.82, 2.24) is 10.3 Å². The molecule has 21 heavy (non-hydrogen) atoms. The van der Waals surface area contributed by atoms with Gasteiger partial charge in [0.15, 0.2) is 0 Å². The van der Waals surface area contributed by atoms with Crippen LogP contribution in [0.3, 0.4) is 0 Å². The second kappa shape index (κ2) is 7.11. The number of nitrogens with one attached hydrogen (secondary N) is 1. The average Bonchev–Trinajstić information content (AvgIpc) is 2.48. The molecule has 1 fully saturated rings. The maximum Gasteiger partial charge on any atom is 0.391 e. The number of aromatic nitrogens is 1. The van der Waals surface area contributed by atoms with Crippen LogP contribution in [-0.2, 0) is 6.54 Å². The Morgan fingerprint density at radius 2 is 2.00 bits per heavy atom. The van der Waals surface area contributed by atoms with Crippen LogP contribution in [0.2, 0.25) is 0 Å². The van der Waals surface area contributed by atoms with Crippen molar-refractivity contribution < 1.29 is 13.2 Å². The first-order chi connectivity index (χ1) is 10.0. The van der Waals surface area contributed by atoms with Gasteiger partial charge < -0.3 is 10.2 Å². The molecule has 1 aliphatic heterocycles. The van der Waals surface area contributed by atoms with Crippen molar-refractivity contribution in [2.24, 2.45) is 5.92 Å². The Labute approximate surface area is 123 Å². The Kier molecular flexibility index (Phi) is 5.45. The van der Waals surface area contributed by atoms with E-state index in [0.717, 1.165) is 30.9 Å². The summed E-state index contributed by atoms with van der Waals surface area (Å²) in [7, 11) is 0. The molecule has 2 rings (SSSR count). The monoisotopic (exact) mass is 301 g/mol. The molecule has 2 heterocycles. The molecule has 0 aliphatic carbocycles. The van der Waals surface area contributed by atoms with Gasteiger partial charge in [0, 0.05) is 25.8 Å². The number of piperidine rings is 1. The molecule has 1 N–H and O–H groups in total. The minimum absolute atomic E-state index is 0.158. The van der Waals surface area contributed by atoms with Crippen molar-refractivity contribution in [2.45, 2.75) is 38.9 Å². The number of nitrogens with zero attached hydrogens (tertiary/aromatic N) is 2. The van der Waals surface area contributed by atoms with Crippen LogP contribution in [0.4, 0.5) is 19.0 Å². The number of hydrogen-bond acceptors (Lipinski definition) is 3. The van der Waals surface area contributed by atoms with Crippen LogP contribution < -0.4 is 10.2 Å². The van der Waals surface area contributed by atoms with E-state index < -0.39 is 12.1 Å². The first kappa shape index (κ1) is 16.1. The van der Waals surface area contributed by atoms with Crippen molar-refractivity contribution in [1.29, 1.82) is 0 Å². The number of hydrogen-bond donors (Lipinski definition) is 1. The lowest BCUT2D eigenvalue weighted by atomic mass is 9.96. The summed E-state index contributed by atoms with van der Waals surface area (Å²) in [5.41, 5.74) is 1.09. The lowest BCUT2D eigenvalue weighted by Gasteiger charge is -2.33. The van der Waals surface area contributed by atoms with E-state index in [0.29, 0.717) is 13.1 Å². The molecule has 0 atom stereocenters. The quantitative estimate of drug-likeness (QED) is 0.845. The minimum atomic E-state index is -4.06. The summed E-state index contributed by atoms with van der Waals surface area (Å²) < 4.78 is 37.9. The molecule has 0 unspecified atom stereocenters. The van der Waals surface area contributed by atoms with Gasteiger partial charge in [-0.25, -0.2) is 4.98 Å². The Morgan fingerprint density at radius 3 is 2.52 bits per heavy atom. The van der Waals surface area contributed by atoms with Crippen molar-refractivity contribution in [3.05, 3.63) is 23.9 Å². The fourth-order valence-electron chi connectivity index (χ4n) is 2.55. The zero-order chi connectivity index (χ0) is 15.3. The molecular formula is C15H22F3N3. The van der Waals surface area contributed by atoms with Gasteiger partial charge in [0.05, 0.1) is 5.92 Å². The highest BCUT2D eigenvalue weighted by molar-refractivity contribution is 5.39. The van der Waals surface area contributed by atoms with Crippen LogP contribution in [0.1, 0.15) is 31.7 Å². The lowest BCUT2D eigenvalue weighted by Crippen LogP contribution is -2.39. The summed E-state index contributed by atoms with van der Waals surface area (Å²) in [6.07, 6.45) is -0.863. The third-order valence-electron chi connectivity index (χ3n) is 3.85. The molecule has 0 bridgehead atoms. The number of pyridine rings is 1. The van der Waals surface area contributed by atoms with Crippen LogP contribution >= 0.6 is 0 Å². The van der Waals surface area contributed by atoms with Crippen LogP contribution in [0.5, 0.6) is 0 Å². The van der Waals surface area contributed by atoms with E-state index in [4.69, 9.17) is 0 Å². The highest BCUT2D eigenvalue weighted by Gasteiger charge is 2.41. The van der Waals surface area contributed by atoms with E-state index in [1.165, 1.54) is 0 Å². The second-order valence-electron chi connectivity index (χ2n) is 5.50. The van der Waals surface area contributed by atoms with Gasteiger partial charge in [-0.1, -0.05) is 13.0 Å². The smallest absolute Gasteiger partial charge is 0.357 e. The van der Waals surface area contributed by atoms with Gasteiger partial charge in [-0.2, -0.15) is 13.2 Å². The molecule has 118 valence electrons. The molecule has 6 heteroatoms. The SMILES string of the molecule is CCCNCc1ccc(N2CCC(C(F)(F)F)CC2)nc1. The minimum Gasteiger partial charge on any atom is -0.357 e. The van der Waals surface area contributed by atoms with Gasteiger partial charge in [0.1, 0.15) is 5.82 Å². The summed E-state index contributed by atoms with van der Waals surface area (Å²) >= 11 is 0. The third-order valence-corrected chi connectivity index (χ3v) is 3.85. The predicted molar refractivity (Wildman–Crippen MR) is 77.2 cm³/mol. The Balaban J connectivity index is 1.86. The van der Waals surface area contributed by atoms with E-state index in [1.807, 2.05) is 17.0 Å². The van der Waals surface area contributed by atoms with E-state index >= 15 is 0 Å². The summed E-state index contributed by atoms with van der Waals surface area (Å²) in [6.45, 7) is 4.69. The zero-order valence-corrected chi connectivity index (χ0v) is 12.3. The number of rotatable bonds is 5. The molecule has 0 spiro atoms. The fraction of sp³-hybridized carbons (Fsp3) is 0.667. The van der Waals surface area contributed by atoms with Crippen LogP contribution in [0, 0.1) is 5.92 Å². The van der Waals surface area contributed by atoms with Gasteiger partial charge in [-0.15, -0.1) is 0 Å². The standard InChI is InChI=1S/C15H22F3N3/c1-2-7-19-10-12-3-4-14(20-11-12)21-8-5-13(6-9-21)15(16,17)18/h3-4,11,13,19H,2,5-10H2,1H3. The average molecular weight is 301 g/mol. The van der Waals surface area contributed by atoms with E-state index in [9.17, 15) is 13.2 Å². The first-order valence-electron chi connectivity index (χ1n) is 7.48. The van der Waals surface area contributed by atoms with E-state index in [2.05, 4.69) is 17.2 Å².